The molecule has 0 bridgehead atoms. The predicted molar refractivity (Wildman–Crippen MR) is 60.1 cm³/mol. The van der Waals surface area contributed by atoms with Crippen molar-refractivity contribution in [2.75, 3.05) is 19.8 Å². The van der Waals surface area contributed by atoms with Crippen LogP contribution in [0.5, 0.6) is 0 Å². The molecule has 0 rings (SSSR count). The van der Waals surface area contributed by atoms with Crippen LogP contribution in [0.25, 0.3) is 0 Å². The SMILES string of the molecule is CCOC(C)(N)C([SiH3])(OCC)OCC. The summed E-state index contributed by atoms with van der Waals surface area (Å²) < 4.78 is 16.6. The molecule has 0 saturated heterocycles. The molecule has 2 N–H and O–H groups in total. The number of nitrogens with two attached hydrogens (primary N) is 1. The Kier molecular flexibility index (Phi) is 5.85. The largest absolute Gasteiger partial charge is 0.356 e. The van der Waals surface area contributed by atoms with Crippen LogP contribution >= 0.6 is 0 Å². The summed E-state index contributed by atoms with van der Waals surface area (Å²) >= 11 is 0. The third kappa shape index (κ3) is 3.32. The summed E-state index contributed by atoms with van der Waals surface area (Å²) in [5, 5.41) is 0. The summed E-state index contributed by atoms with van der Waals surface area (Å²) in [6.45, 7) is 9.26. The molecule has 5 heteroatoms. The zero-order valence-electron chi connectivity index (χ0n) is 9.92. The molecule has 0 heterocycles. The second-order valence-electron chi connectivity index (χ2n) is 3.35. The van der Waals surface area contributed by atoms with E-state index in [1.807, 2.05) is 20.8 Å². The Labute approximate surface area is 89.5 Å². The minimum absolute atomic E-state index is 0.553. The smallest absolute Gasteiger partial charge is 0.181 e. The highest BCUT2D eigenvalue weighted by Crippen LogP contribution is 2.23. The van der Waals surface area contributed by atoms with Crippen LogP contribution in [0.15, 0.2) is 0 Å². The molecule has 0 aliphatic carbocycles. The van der Waals surface area contributed by atoms with Crippen LogP contribution in [0.1, 0.15) is 27.7 Å². The molecular weight excluding hydrogens is 198 g/mol. The third-order valence-electron chi connectivity index (χ3n) is 2.19. The van der Waals surface area contributed by atoms with Gasteiger partial charge in [0.15, 0.2) is 11.1 Å². The van der Waals surface area contributed by atoms with Crippen LogP contribution in [-0.4, -0.2) is 41.2 Å². The van der Waals surface area contributed by atoms with Gasteiger partial charge in [0.1, 0.15) is 0 Å². The molecule has 0 spiro atoms. The van der Waals surface area contributed by atoms with Gasteiger partial charge in [0.05, 0.1) is 10.2 Å². The summed E-state index contributed by atoms with van der Waals surface area (Å²) in [5.41, 5.74) is 4.41. The number of ether oxygens (including phenoxy) is 3. The lowest BCUT2D eigenvalue weighted by atomic mass is 10.2. The summed E-state index contributed by atoms with van der Waals surface area (Å²) in [5.74, 6) is 0. The van der Waals surface area contributed by atoms with Crippen molar-refractivity contribution >= 4 is 10.2 Å². The van der Waals surface area contributed by atoms with Crippen molar-refractivity contribution in [1.82, 2.24) is 0 Å². The molecule has 1 unspecified atom stereocenters. The molecule has 0 aromatic carbocycles. The molecule has 0 saturated carbocycles. The molecule has 1 atom stereocenters. The van der Waals surface area contributed by atoms with Gasteiger partial charge >= 0.3 is 0 Å². The molecule has 0 aliphatic rings. The lowest BCUT2D eigenvalue weighted by molar-refractivity contribution is -0.274. The molecule has 0 aliphatic heterocycles. The number of hydrogen-bond acceptors (Lipinski definition) is 4. The fraction of sp³-hybridized carbons (Fsp3) is 1.00. The second kappa shape index (κ2) is 5.82. The Hall–Kier alpha value is 0.0569. The maximum absolute atomic E-state index is 6.04. The van der Waals surface area contributed by atoms with Crippen molar-refractivity contribution in [1.29, 1.82) is 0 Å². The van der Waals surface area contributed by atoms with Crippen molar-refractivity contribution in [2.24, 2.45) is 5.73 Å². The van der Waals surface area contributed by atoms with Crippen LogP contribution in [0.3, 0.4) is 0 Å². The molecule has 0 amide bonds. The first-order valence-electron chi connectivity index (χ1n) is 5.14. The van der Waals surface area contributed by atoms with Crippen molar-refractivity contribution in [3.05, 3.63) is 0 Å². The number of rotatable bonds is 7. The van der Waals surface area contributed by atoms with E-state index in [2.05, 4.69) is 0 Å². The standard InChI is InChI=1S/C9H23NO3Si/c1-5-11-8(4,10)9(14,12-6-2)13-7-3/h5-7,10H2,1-4,14H3. The van der Waals surface area contributed by atoms with Gasteiger partial charge in [0, 0.05) is 19.8 Å². The maximum Gasteiger partial charge on any atom is 0.181 e. The fourth-order valence-corrected chi connectivity index (χ4v) is 2.03. The Balaban J connectivity index is 4.59. The van der Waals surface area contributed by atoms with Gasteiger partial charge in [-0.3, -0.25) is 5.73 Å². The lowest BCUT2D eigenvalue weighted by Crippen LogP contribution is -2.63. The normalized spacial score (nSPS) is 16.9. The van der Waals surface area contributed by atoms with Crippen LogP contribution in [0.2, 0.25) is 0 Å². The molecular formula is C9H23NO3Si. The topological polar surface area (TPSA) is 53.7 Å². The molecule has 0 aromatic heterocycles. The molecule has 14 heavy (non-hydrogen) atoms. The quantitative estimate of drug-likeness (QED) is 0.477. The highest BCUT2D eigenvalue weighted by Gasteiger charge is 2.44. The highest BCUT2D eigenvalue weighted by atomic mass is 28.1. The monoisotopic (exact) mass is 221 g/mol. The fourth-order valence-electron chi connectivity index (χ4n) is 1.31. The summed E-state index contributed by atoms with van der Waals surface area (Å²) in [7, 11) is 0.666. The van der Waals surface area contributed by atoms with E-state index in [9.17, 15) is 0 Å². The van der Waals surface area contributed by atoms with Gasteiger partial charge in [0.2, 0.25) is 0 Å². The molecule has 0 radical (unpaired) electrons. The average molecular weight is 221 g/mol. The van der Waals surface area contributed by atoms with Crippen LogP contribution in [0.4, 0.5) is 0 Å². The Morgan fingerprint density at radius 3 is 1.64 bits per heavy atom. The Bertz CT molecular complexity index is 158. The van der Waals surface area contributed by atoms with E-state index in [1.54, 1.807) is 6.92 Å². The van der Waals surface area contributed by atoms with E-state index >= 15 is 0 Å². The summed E-state index contributed by atoms with van der Waals surface area (Å²) in [6.07, 6.45) is 0. The van der Waals surface area contributed by atoms with E-state index in [4.69, 9.17) is 19.9 Å². The lowest BCUT2D eigenvalue weighted by Gasteiger charge is -2.42. The molecule has 0 aromatic rings. The first-order valence-corrected chi connectivity index (χ1v) is 6.14. The first-order chi connectivity index (χ1) is 6.43. The van der Waals surface area contributed by atoms with Gasteiger partial charge in [-0.15, -0.1) is 0 Å². The van der Waals surface area contributed by atoms with Gasteiger partial charge in [-0.1, -0.05) is 0 Å². The number of hydrogen-bond donors (Lipinski definition) is 1. The van der Waals surface area contributed by atoms with Gasteiger partial charge in [-0.2, -0.15) is 0 Å². The third-order valence-corrected chi connectivity index (χ3v) is 3.76. The average Bonchev–Trinajstić information content (AvgIpc) is 2.04. The van der Waals surface area contributed by atoms with Crippen LogP contribution in [-0.2, 0) is 14.2 Å². The van der Waals surface area contributed by atoms with Crippen molar-refractivity contribution in [3.8, 4) is 0 Å². The van der Waals surface area contributed by atoms with Crippen LogP contribution < -0.4 is 5.73 Å². The van der Waals surface area contributed by atoms with Crippen molar-refractivity contribution < 1.29 is 14.2 Å². The minimum atomic E-state index is -0.875. The van der Waals surface area contributed by atoms with Gasteiger partial charge in [-0.05, 0) is 27.7 Å². The summed E-state index contributed by atoms with van der Waals surface area (Å²) in [4.78, 5) is 0. The second-order valence-corrected chi connectivity index (χ2v) is 4.67. The van der Waals surface area contributed by atoms with E-state index in [1.165, 1.54) is 0 Å². The van der Waals surface area contributed by atoms with E-state index in [0.29, 0.717) is 30.1 Å². The van der Waals surface area contributed by atoms with Gasteiger partial charge in [-0.25, -0.2) is 0 Å². The van der Waals surface area contributed by atoms with Crippen molar-refractivity contribution in [3.63, 3.8) is 0 Å². The minimum Gasteiger partial charge on any atom is -0.356 e. The zero-order valence-corrected chi connectivity index (χ0v) is 11.9. The molecule has 0 fully saturated rings. The Morgan fingerprint density at radius 1 is 1.00 bits per heavy atom. The van der Waals surface area contributed by atoms with Gasteiger partial charge in [0.25, 0.3) is 0 Å². The Morgan fingerprint density at radius 2 is 1.36 bits per heavy atom. The van der Waals surface area contributed by atoms with E-state index < -0.39 is 11.1 Å². The van der Waals surface area contributed by atoms with Crippen LogP contribution in [0, 0.1) is 0 Å². The molecule has 86 valence electrons. The van der Waals surface area contributed by atoms with E-state index in [-0.39, 0.29) is 0 Å². The molecule has 4 nitrogen and oxygen atoms in total. The predicted octanol–water partition coefficient (Wildman–Crippen LogP) is -0.210. The first kappa shape index (κ1) is 14.1. The maximum atomic E-state index is 6.04. The zero-order chi connectivity index (χ0) is 11.2. The van der Waals surface area contributed by atoms with Gasteiger partial charge < -0.3 is 14.2 Å². The van der Waals surface area contributed by atoms with Crippen molar-refractivity contribution in [2.45, 2.75) is 38.8 Å². The van der Waals surface area contributed by atoms with E-state index in [0.717, 1.165) is 0 Å². The highest BCUT2D eigenvalue weighted by molar-refractivity contribution is 6.14. The summed E-state index contributed by atoms with van der Waals surface area (Å²) in [6, 6.07) is 0.